The molecule has 1 atom stereocenters. The number of ether oxygens (including phenoxy) is 1. The largest absolute Gasteiger partial charge is 0.381 e. The molecule has 0 aliphatic carbocycles. The first-order valence-corrected chi connectivity index (χ1v) is 6.60. The Labute approximate surface area is 105 Å². The standard InChI is InChI=1S/C11H19N3O2S/c1-3-5-16-6-4-10(15)14-11-13-9(7-17-11)8(2)12/h7-8H,3-6,12H2,1-2H3,(H,13,14,15). The lowest BCUT2D eigenvalue weighted by atomic mass is 10.3. The second kappa shape index (κ2) is 7.37. The highest BCUT2D eigenvalue weighted by Gasteiger charge is 2.08. The number of rotatable bonds is 7. The summed E-state index contributed by atoms with van der Waals surface area (Å²) in [4.78, 5) is 15.7. The molecule has 1 unspecified atom stereocenters. The maximum absolute atomic E-state index is 11.5. The van der Waals surface area contributed by atoms with Crippen LogP contribution in [0.1, 0.15) is 38.4 Å². The first kappa shape index (κ1) is 14.1. The van der Waals surface area contributed by atoms with Gasteiger partial charge >= 0.3 is 0 Å². The molecule has 0 spiro atoms. The number of carbonyl (C=O) groups is 1. The first-order chi connectivity index (χ1) is 8.13. The zero-order valence-electron chi connectivity index (χ0n) is 10.2. The monoisotopic (exact) mass is 257 g/mol. The molecular formula is C11H19N3O2S. The minimum atomic E-state index is -0.107. The molecule has 0 saturated carbocycles. The van der Waals surface area contributed by atoms with Gasteiger partial charge < -0.3 is 15.8 Å². The van der Waals surface area contributed by atoms with E-state index in [0.717, 1.165) is 12.1 Å². The van der Waals surface area contributed by atoms with E-state index in [1.54, 1.807) is 0 Å². The van der Waals surface area contributed by atoms with E-state index in [9.17, 15) is 4.79 Å². The van der Waals surface area contributed by atoms with Crippen LogP contribution in [0.25, 0.3) is 0 Å². The van der Waals surface area contributed by atoms with Crippen molar-refractivity contribution in [2.75, 3.05) is 18.5 Å². The van der Waals surface area contributed by atoms with Crippen molar-refractivity contribution in [2.24, 2.45) is 5.73 Å². The summed E-state index contributed by atoms with van der Waals surface area (Å²) in [5, 5.41) is 5.18. The van der Waals surface area contributed by atoms with Crippen molar-refractivity contribution in [1.82, 2.24) is 4.98 Å². The van der Waals surface area contributed by atoms with E-state index >= 15 is 0 Å². The molecule has 0 aliphatic rings. The summed E-state index contributed by atoms with van der Waals surface area (Å²) < 4.78 is 5.24. The molecule has 1 rings (SSSR count). The van der Waals surface area contributed by atoms with Gasteiger partial charge in [0.15, 0.2) is 5.13 Å². The topological polar surface area (TPSA) is 77.2 Å². The Morgan fingerprint density at radius 1 is 1.65 bits per heavy atom. The molecule has 6 heteroatoms. The van der Waals surface area contributed by atoms with E-state index in [1.165, 1.54) is 11.3 Å². The maximum atomic E-state index is 11.5. The number of thiazole rings is 1. The Hall–Kier alpha value is -0.980. The van der Waals surface area contributed by atoms with Gasteiger partial charge in [-0.25, -0.2) is 4.98 Å². The molecule has 0 bridgehead atoms. The van der Waals surface area contributed by atoms with Crippen LogP contribution in [0.15, 0.2) is 5.38 Å². The van der Waals surface area contributed by atoms with Gasteiger partial charge in [0.05, 0.1) is 18.7 Å². The molecule has 0 saturated heterocycles. The van der Waals surface area contributed by atoms with E-state index in [1.807, 2.05) is 19.2 Å². The van der Waals surface area contributed by atoms with E-state index in [0.29, 0.717) is 24.8 Å². The number of hydrogen-bond donors (Lipinski definition) is 2. The fourth-order valence-corrected chi connectivity index (χ4v) is 1.98. The molecule has 3 N–H and O–H groups in total. The summed E-state index contributed by atoms with van der Waals surface area (Å²) in [6.07, 6.45) is 1.32. The van der Waals surface area contributed by atoms with Gasteiger partial charge in [0.2, 0.25) is 5.91 Å². The van der Waals surface area contributed by atoms with Gasteiger partial charge in [-0.1, -0.05) is 6.92 Å². The summed E-state index contributed by atoms with van der Waals surface area (Å²) >= 11 is 1.39. The van der Waals surface area contributed by atoms with Gasteiger partial charge in [0.1, 0.15) is 0 Å². The number of nitrogens with two attached hydrogens (primary N) is 1. The normalized spacial score (nSPS) is 12.4. The summed E-state index contributed by atoms with van der Waals surface area (Å²) in [5.74, 6) is -0.0772. The van der Waals surface area contributed by atoms with Gasteiger partial charge in [0, 0.05) is 18.0 Å². The smallest absolute Gasteiger partial charge is 0.228 e. The molecule has 1 heterocycles. The van der Waals surface area contributed by atoms with E-state index in [-0.39, 0.29) is 11.9 Å². The average molecular weight is 257 g/mol. The molecule has 5 nitrogen and oxygen atoms in total. The molecule has 0 fully saturated rings. The maximum Gasteiger partial charge on any atom is 0.228 e. The summed E-state index contributed by atoms with van der Waals surface area (Å²) in [6, 6.07) is -0.107. The fourth-order valence-electron chi connectivity index (χ4n) is 1.15. The molecule has 17 heavy (non-hydrogen) atoms. The lowest BCUT2D eigenvalue weighted by Crippen LogP contribution is -2.14. The van der Waals surface area contributed by atoms with Crippen molar-refractivity contribution in [3.8, 4) is 0 Å². The predicted molar refractivity (Wildman–Crippen MR) is 69.1 cm³/mol. The van der Waals surface area contributed by atoms with Crippen LogP contribution in [0, 0.1) is 0 Å². The van der Waals surface area contributed by atoms with Crippen LogP contribution >= 0.6 is 11.3 Å². The van der Waals surface area contributed by atoms with Crippen molar-refractivity contribution < 1.29 is 9.53 Å². The average Bonchev–Trinajstić information content (AvgIpc) is 2.73. The van der Waals surface area contributed by atoms with Gasteiger partial charge in [-0.05, 0) is 13.3 Å². The van der Waals surface area contributed by atoms with E-state index in [2.05, 4.69) is 10.3 Å². The number of amides is 1. The molecule has 0 aromatic carbocycles. The van der Waals surface area contributed by atoms with E-state index < -0.39 is 0 Å². The van der Waals surface area contributed by atoms with Gasteiger partial charge in [-0.2, -0.15) is 0 Å². The van der Waals surface area contributed by atoms with Crippen LogP contribution in [0.5, 0.6) is 0 Å². The molecular weight excluding hydrogens is 238 g/mol. The molecule has 96 valence electrons. The van der Waals surface area contributed by atoms with Crippen LogP contribution in [0.2, 0.25) is 0 Å². The van der Waals surface area contributed by atoms with Crippen LogP contribution in [-0.2, 0) is 9.53 Å². The van der Waals surface area contributed by atoms with Crippen LogP contribution < -0.4 is 11.1 Å². The third-order valence-corrected chi connectivity index (χ3v) is 2.83. The Kier molecular flexibility index (Phi) is 6.10. The van der Waals surface area contributed by atoms with Gasteiger partial charge in [-0.15, -0.1) is 11.3 Å². The second-order valence-corrected chi connectivity index (χ2v) is 4.63. The number of nitrogens with zero attached hydrogens (tertiary/aromatic N) is 1. The summed E-state index contributed by atoms with van der Waals surface area (Å²) in [7, 11) is 0. The van der Waals surface area contributed by atoms with Crippen molar-refractivity contribution in [3.63, 3.8) is 0 Å². The van der Waals surface area contributed by atoms with Crippen molar-refractivity contribution in [1.29, 1.82) is 0 Å². The molecule has 0 aliphatic heterocycles. The van der Waals surface area contributed by atoms with Crippen LogP contribution in [-0.4, -0.2) is 24.1 Å². The molecule has 1 amide bonds. The Balaban J connectivity index is 2.29. The molecule has 1 aromatic heterocycles. The summed E-state index contributed by atoms with van der Waals surface area (Å²) in [6.45, 7) is 5.04. The number of carbonyl (C=O) groups excluding carboxylic acids is 1. The lowest BCUT2D eigenvalue weighted by Gasteiger charge is -2.03. The van der Waals surface area contributed by atoms with Crippen LogP contribution in [0.3, 0.4) is 0 Å². The third-order valence-electron chi connectivity index (χ3n) is 2.06. The summed E-state index contributed by atoms with van der Waals surface area (Å²) in [5.41, 5.74) is 6.48. The van der Waals surface area contributed by atoms with Gasteiger partial charge in [0.25, 0.3) is 0 Å². The Morgan fingerprint density at radius 3 is 3.00 bits per heavy atom. The number of aromatic nitrogens is 1. The minimum Gasteiger partial charge on any atom is -0.381 e. The van der Waals surface area contributed by atoms with E-state index in [4.69, 9.17) is 10.5 Å². The molecule has 1 aromatic rings. The highest BCUT2D eigenvalue weighted by atomic mass is 32.1. The zero-order chi connectivity index (χ0) is 12.7. The SMILES string of the molecule is CCCOCCC(=O)Nc1nc(C(C)N)cs1. The van der Waals surface area contributed by atoms with Crippen molar-refractivity contribution >= 4 is 22.4 Å². The lowest BCUT2D eigenvalue weighted by molar-refractivity contribution is -0.117. The minimum absolute atomic E-state index is 0.0772. The molecule has 0 radical (unpaired) electrons. The second-order valence-electron chi connectivity index (χ2n) is 3.78. The number of nitrogens with one attached hydrogen (secondary N) is 1. The third kappa shape index (κ3) is 5.25. The Bertz CT molecular complexity index is 352. The number of anilines is 1. The zero-order valence-corrected chi connectivity index (χ0v) is 11.0. The van der Waals surface area contributed by atoms with Crippen molar-refractivity contribution in [3.05, 3.63) is 11.1 Å². The van der Waals surface area contributed by atoms with Gasteiger partial charge in [-0.3, -0.25) is 4.79 Å². The van der Waals surface area contributed by atoms with Crippen LogP contribution in [0.4, 0.5) is 5.13 Å². The predicted octanol–water partition coefficient (Wildman–Crippen LogP) is 1.92. The fraction of sp³-hybridized carbons (Fsp3) is 0.636. The Morgan fingerprint density at radius 2 is 2.41 bits per heavy atom. The first-order valence-electron chi connectivity index (χ1n) is 5.72. The highest BCUT2D eigenvalue weighted by Crippen LogP contribution is 2.19. The number of hydrogen-bond acceptors (Lipinski definition) is 5. The van der Waals surface area contributed by atoms with Crippen molar-refractivity contribution in [2.45, 2.75) is 32.7 Å². The highest BCUT2D eigenvalue weighted by molar-refractivity contribution is 7.13. The quantitative estimate of drug-likeness (QED) is 0.732.